The van der Waals surface area contributed by atoms with Gasteiger partial charge in [0.15, 0.2) is 0 Å². The van der Waals surface area contributed by atoms with Crippen molar-refractivity contribution in [3.05, 3.63) is 29.3 Å². The Kier molecular flexibility index (Phi) is 4.67. The lowest BCUT2D eigenvalue weighted by Gasteiger charge is -2.37. The van der Waals surface area contributed by atoms with E-state index in [1.165, 1.54) is 0 Å². The Bertz CT molecular complexity index is 658. The SMILES string of the molecule is Cc1ccc(C(N)=S)cc1S(=O)(=O)N1CCN(C)C(C)C1. The number of thiocarbonyl (C=S) groups is 1. The fraction of sp³-hybridized carbons (Fsp3) is 0.500. The minimum Gasteiger partial charge on any atom is -0.389 e. The summed E-state index contributed by atoms with van der Waals surface area (Å²) < 4.78 is 27.3. The van der Waals surface area contributed by atoms with Crippen molar-refractivity contribution in [3.8, 4) is 0 Å². The van der Waals surface area contributed by atoms with E-state index in [0.29, 0.717) is 29.1 Å². The predicted octanol–water partition coefficient (Wildman–Crippen LogP) is 0.954. The first-order valence-electron chi connectivity index (χ1n) is 6.84. The summed E-state index contributed by atoms with van der Waals surface area (Å²) in [6, 6.07) is 5.28. The number of hydrogen-bond acceptors (Lipinski definition) is 4. The zero-order valence-electron chi connectivity index (χ0n) is 12.5. The Labute approximate surface area is 131 Å². The molecule has 7 heteroatoms. The molecule has 1 heterocycles. The molecule has 0 saturated carbocycles. The molecule has 1 aliphatic heterocycles. The summed E-state index contributed by atoms with van der Waals surface area (Å²) in [5.74, 6) is 0. The minimum absolute atomic E-state index is 0.201. The molecule has 21 heavy (non-hydrogen) atoms. The van der Waals surface area contributed by atoms with E-state index in [1.54, 1.807) is 29.4 Å². The molecule has 1 unspecified atom stereocenters. The Morgan fingerprint density at radius 1 is 1.38 bits per heavy atom. The summed E-state index contributed by atoms with van der Waals surface area (Å²) >= 11 is 4.94. The molecule has 1 aromatic rings. The second kappa shape index (κ2) is 6.00. The Morgan fingerprint density at radius 3 is 2.62 bits per heavy atom. The van der Waals surface area contributed by atoms with Crippen LogP contribution in [0.1, 0.15) is 18.1 Å². The highest BCUT2D eigenvalue weighted by atomic mass is 32.2. The molecule has 1 atom stereocenters. The molecule has 5 nitrogen and oxygen atoms in total. The van der Waals surface area contributed by atoms with Crippen LogP contribution in [0.3, 0.4) is 0 Å². The van der Waals surface area contributed by atoms with Crippen molar-refractivity contribution in [1.82, 2.24) is 9.21 Å². The van der Waals surface area contributed by atoms with E-state index in [0.717, 1.165) is 6.54 Å². The molecule has 0 bridgehead atoms. The highest BCUT2D eigenvalue weighted by Gasteiger charge is 2.31. The van der Waals surface area contributed by atoms with Crippen LogP contribution in [0.25, 0.3) is 0 Å². The number of hydrogen-bond donors (Lipinski definition) is 1. The summed E-state index contributed by atoms with van der Waals surface area (Å²) in [5, 5.41) is 0. The van der Waals surface area contributed by atoms with Crippen LogP contribution in [0, 0.1) is 6.92 Å². The Hall–Kier alpha value is -1.02. The number of sulfonamides is 1. The van der Waals surface area contributed by atoms with Crippen LogP contribution in [-0.4, -0.2) is 55.3 Å². The smallest absolute Gasteiger partial charge is 0.243 e. The van der Waals surface area contributed by atoms with Gasteiger partial charge in [0.2, 0.25) is 10.0 Å². The molecule has 1 aliphatic rings. The van der Waals surface area contributed by atoms with Crippen LogP contribution in [-0.2, 0) is 10.0 Å². The van der Waals surface area contributed by atoms with E-state index < -0.39 is 10.0 Å². The van der Waals surface area contributed by atoms with Crippen LogP contribution in [0.2, 0.25) is 0 Å². The van der Waals surface area contributed by atoms with Crippen molar-refractivity contribution in [3.63, 3.8) is 0 Å². The van der Waals surface area contributed by atoms with Crippen LogP contribution in [0.15, 0.2) is 23.1 Å². The van der Waals surface area contributed by atoms with Crippen molar-refractivity contribution < 1.29 is 8.42 Å². The molecule has 2 rings (SSSR count). The second-order valence-corrected chi connectivity index (χ2v) is 7.88. The van der Waals surface area contributed by atoms with Crippen molar-refractivity contribution >= 4 is 27.2 Å². The second-order valence-electron chi connectivity index (χ2n) is 5.54. The summed E-state index contributed by atoms with van der Waals surface area (Å²) in [6.45, 7) is 5.54. The summed E-state index contributed by atoms with van der Waals surface area (Å²) in [6.07, 6.45) is 0. The molecule has 116 valence electrons. The maximum atomic E-state index is 12.9. The first kappa shape index (κ1) is 16.4. The maximum Gasteiger partial charge on any atom is 0.243 e. The average Bonchev–Trinajstić information content (AvgIpc) is 2.41. The highest BCUT2D eigenvalue weighted by Crippen LogP contribution is 2.23. The average molecular weight is 327 g/mol. The van der Waals surface area contributed by atoms with Crippen molar-refractivity contribution in [2.75, 3.05) is 26.7 Å². The fourth-order valence-corrected chi connectivity index (χ4v) is 4.29. The van der Waals surface area contributed by atoms with Crippen LogP contribution in [0.5, 0.6) is 0 Å². The molecular weight excluding hydrogens is 306 g/mol. The molecule has 1 saturated heterocycles. The minimum atomic E-state index is -3.51. The van der Waals surface area contributed by atoms with Crippen molar-refractivity contribution in [2.24, 2.45) is 5.73 Å². The van der Waals surface area contributed by atoms with Gasteiger partial charge in [0.05, 0.1) is 4.90 Å². The molecule has 0 aliphatic carbocycles. The van der Waals surface area contributed by atoms with Gasteiger partial charge in [0.25, 0.3) is 0 Å². The predicted molar refractivity (Wildman–Crippen MR) is 87.9 cm³/mol. The van der Waals surface area contributed by atoms with E-state index in [9.17, 15) is 8.42 Å². The Balaban J connectivity index is 2.40. The molecule has 1 fully saturated rings. The molecule has 2 N–H and O–H groups in total. The molecule has 1 aromatic carbocycles. The lowest BCUT2D eigenvalue weighted by atomic mass is 10.1. The number of nitrogens with zero attached hydrogens (tertiary/aromatic N) is 2. The van der Waals surface area contributed by atoms with Gasteiger partial charge >= 0.3 is 0 Å². The van der Waals surface area contributed by atoms with Gasteiger partial charge in [-0.15, -0.1) is 0 Å². The number of rotatable bonds is 3. The van der Waals surface area contributed by atoms with Crippen LogP contribution in [0.4, 0.5) is 0 Å². The van der Waals surface area contributed by atoms with Gasteiger partial charge in [0, 0.05) is 31.2 Å². The Morgan fingerprint density at radius 2 is 2.05 bits per heavy atom. The monoisotopic (exact) mass is 327 g/mol. The molecule has 0 amide bonds. The third kappa shape index (κ3) is 3.26. The molecular formula is C14H21N3O2S2. The zero-order chi connectivity index (χ0) is 15.8. The van der Waals surface area contributed by atoms with Crippen molar-refractivity contribution in [2.45, 2.75) is 24.8 Å². The van der Waals surface area contributed by atoms with E-state index >= 15 is 0 Å². The maximum absolute atomic E-state index is 12.9. The van der Waals surface area contributed by atoms with Gasteiger partial charge in [0.1, 0.15) is 4.99 Å². The van der Waals surface area contributed by atoms with E-state index in [4.69, 9.17) is 18.0 Å². The first-order chi connectivity index (χ1) is 9.73. The van der Waals surface area contributed by atoms with E-state index in [-0.39, 0.29) is 11.0 Å². The largest absolute Gasteiger partial charge is 0.389 e. The fourth-order valence-electron chi connectivity index (χ4n) is 2.40. The summed E-state index contributed by atoms with van der Waals surface area (Å²) in [7, 11) is -1.51. The summed E-state index contributed by atoms with van der Waals surface area (Å²) in [4.78, 5) is 2.66. The molecule has 0 spiro atoms. The molecule has 0 radical (unpaired) electrons. The number of benzene rings is 1. The standard InChI is InChI=1S/C14H21N3O2S2/c1-10-4-5-12(14(15)20)8-13(10)21(18,19)17-7-6-16(3)11(2)9-17/h4-5,8,11H,6-7,9H2,1-3H3,(H2,15,20). The van der Waals surface area contributed by atoms with Gasteiger partial charge < -0.3 is 10.6 Å². The molecule has 0 aromatic heterocycles. The number of likely N-dealkylation sites (N-methyl/N-ethyl adjacent to an activating group) is 1. The van der Waals surface area contributed by atoms with Crippen LogP contribution < -0.4 is 5.73 Å². The number of piperazine rings is 1. The topological polar surface area (TPSA) is 66.6 Å². The van der Waals surface area contributed by atoms with Crippen molar-refractivity contribution in [1.29, 1.82) is 0 Å². The first-order valence-corrected chi connectivity index (χ1v) is 8.69. The third-order valence-corrected chi connectivity index (χ3v) is 6.26. The lowest BCUT2D eigenvalue weighted by Crippen LogP contribution is -2.51. The van der Waals surface area contributed by atoms with Gasteiger partial charge in [-0.3, -0.25) is 0 Å². The van der Waals surface area contributed by atoms with Crippen LogP contribution >= 0.6 is 12.2 Å². The lowest BCUT2D eigenvalue weighted by molar-refractivity contribution is 0.159. The van der Waals surface area contributed by atoms with Gasteiger partial charge in [-0.1, -0.05) is 24.4 Å². The number of nitrogens with two attached hydrogens (primary N) is 1. The third-order valence-electron chi connectivity index (χ3n) is 4.01. The quantitative estimate of drug-likeness (QED) is 0.838. The highest BCUT2D eigenvalue weighted by molar-refractivity contribution is 7.89. The van der Waals surface area contributed by atoms with Gasteiger partial charge in [-0.2, -0.15) is 4.31 Å². The van der Waals surface area contributed by atoms with Gasteiger partial charge in [-0.05, 0) is 32.5 Å². The van der Waals surface area contributed by atoms with E-state index in [2.05, 4.69) is 4.90 Å². The van der Waals surface area contributed by atoms with E-state index in [1.807, 2.05) is 14.0 Å². The van der Waals surface area contributed by atoms with Gasteiger partial charge in [-0.25, -0.2) is 8.42 Å². The summed E-state index contributed by atoms with van der Waals surface area (Å²) in [5.41, 5.74) is 6.90. The number of aryl methyl sites for hydroxylation is 1. The zero-order valence-corrected chi connectivity index (χ0v) is 14.2. The normalized spacial score (nSPS) is 21.4.